The summed E-state index contributed by atoms with van der Waals surface area (Å²) < 4.78 is 5.83. The van der Waals surface area contributed by atoms with E-state index in [1.807, 2.05) is 0 Å². The van der Waals surface area contributed by atoms with E-state index in [-0.39, 0.29) is 30.1 Å². The Morgan fingerprint density at radius 3 is 2.88 bits per heavy atom. The van der Waals surface area contributed by atoms with Gasteiger partial charge in [-0.2, -0.15) is 0 Å². The lowest BCUT2D eigenvalue weighted by Gasteiger charge is -2.34. The Morgan fingerprint density at radius 2 is 2.17 bits per heavy atom. The minimum atomic E-state index is 0. The third-order valence-electron chi connectivity index (χ3n) is 4.73. The van der Waals surface area contributed by atoms with Crippen LogP contribution < -0.4 is 11.1 Å². The number of morpholine rings is 1. The number of hydrogen-bond donors (Lipinski definition) is 2. The van der Waals surface area contributed by atoms with E-state index < -0.39 is 0 Å². The molecule has 0 aromatic rings. The molecule has 24 heavy (non-hydrogen) atoms. The second-order valence-corrected chi connectivity index (χ2v) is 7.18. The summed E-state index contributed by atoms with van der Waals surface area (Å²) in [6.07, 6.45) is 2.72. The van der Waals surface area contributed by atoms with Crippen molar-refractivity contribution >= 4 is 29.9 Å². The van der Waals surface area contributed by atoms with E-state index in [2.05, 4.69) is 40.9 Å². The third kappa shape index (κ3) is 7.41. The number of halogens is 1. The van der Waals surface area contributed by atoms with Crippen LogP contribution in [0.15, 0.2) is 4.99 Å². The molecule has 0 radical (unpaired) electrons. The lowest BCUT2D eigenvalue weighted by Crippen LogP contribution is -2.49. The van der Waals surface area contributed by atoms with Crippen molar-refractivity contribution in [1.29, 1.82) is 0 Å². The van der Waals surface area contributed by atoms with Crippen LogP contribution in [0.4, 0.5) is 0 Å². The van der Waals surface area contributed by atoms with E-state index in [1.54, 1.807) is 0 Å². The number of aliphatic imine (C=N–C) groups is 1. The lowest BCUT2D eigenvalue weighted by atomic mass is 10.2. The first-order chi connectivity index (χ1) is 11.1. The van der Waals surface area contributed by atoms with E-state index in [1.165, 1.54) is 19.4 Å². The van der Waals surface area contributed by atoms with Crippen molar-refractivity contribution in [2.45, 2.75) is 45.8 Å². The zero-order valence-corrected chi connectivity index (χ0v) is 17.9. The van der Waals surface area contributed by atoms with E-state index in [9.17, 15) is 0 Å². The highest BCUT2D eigenvalue weighted by atomic mass is 127. The quantitative estimate of drug-likeness (QED) is 0.346. The summed E-state index contributed by atoms with van der Waals surface area (Å²) in [6, 6.07) is 0.563. The standard InChI is InChI=1S/C17H35N5O.HI/c1-4-22-7-5-6-15(22)10-19-17(18)20-11-16-13-21(8-9-23-16)12-14(2)3;/h14-16H,4-13H2,1-3H3,(H3,18,19,20);1H. The number of rotatable bonds is 7. The second-order valence-electron chi connectivity index (χ2n) is 7.18. The maximum atomic E-state index is 6.02. The molecule has 0 saturated carbocycles. The van der Waals surface area contributed by atoms with Crippen molar-refractivity contribution in [2.75, 3.05) is 52.4 Å². The number of ether oxygens (including phenoxy) is 1. The SMILES string of the molecule is CCN1CCCC1CN=C(N)NCC1CN(CC(C)C)CCO1.I. The molecule has 3 N–H and O–H groups in total. The molecule has 2 heterocycles. The summed E-state index contributed by atoms with van der Waals surface area (Å²) in [5.74, 6) is 1.25. The minimum Gasteiger partial charge on any atom is -0.374 e. The molecule has 2 aliphatic rings. The van der Waals surface area contributed by atoms with Crippen LogP contribution in [0.3, 0.4) is 0 Å². The fraction of sp³-hybridized carbons (Fsp3) is 0.941. The molecule has 0 spiro atoms. The molecule has 6 nitrogen and oxygen atoms in total. The summed E-state index contributed by atoms with van der Waals surface area (Å²) in [5, 5.41) is 3.24. The zero-order chi connectivity index (χ0) is 16.7. The molecule has 2 unspecified atom stereocenters. The fourth-order valence-electron chi connectivity index (χ4n) is 3.58. The van der Waals surface area contributed by atoms with Gasteiger partial charge in [-0.25, -0.2) is 0 Å². The number of nitrogens with zero attached hydrogens (tertiary/aromatic N) is 3. The Kier molecular flexibility index (Phi) is 10.5. The molecule has 2 aliphatic heterocycles. The molecule has 0 aromatic carbocycles. The number of nitrogens with one attached hydrogen (secondary N) is 1. The van der Waals surface area contributed by atoms with Gasteiger partial charge in [-0.15, -0.1) is 24.0 Å². The monoisotopic (exact) mass is 453 g/mol. The maximum Gasteiger partial charge on any atom is 0.188 e. The van der Waals surface area contributed by atoms with Crippen molar-refractivity contribution in [2.24, 2.45) is 16.6 Å². The Labute approximate surface area is 164 Å². The fourth-order valence-corrected chi connectivity index (χ4v) is 3.58. The number of likely N-dealkylation sites (N-methyl/N-ethyl adjacent to an activating group) is 1. The first kappa shape index (κ1) is 21.9. The molecular formula is C17H36IN5O. The Morgan fingerprint density at radius 1 is 1.38 bits per heavy atom. The minimum absolute atomic E-state index is 0. The molecule has 142 valence electrons. The predicted molar refractivity (Wildman–Crippen MR) is 111 cm³/mol. The van der Waals surface area contributed by atoms with Gasteiger partial charge in [0.2, 0.25) is 0 Å². The van der Waals surface area contributed by atoms with Crippen molar-refractivity contribution in [3.05, 3.63) is 0 Å². The second kappa shape index (κ2) is 11.5. The topological polar surface area (TPSA) is 66.1 Å². The van der Waals surface area contributed by atoms with Gasteiger partial charge in [-0.05, 0) is 31.8 Å². The Bertz CT molecular complexity index is 380. The summed E-state index contributed by atoms with van der Waals surface area (Å²) >= 11 is 0. The smallest absolute Gasteiger partial charge is 0.188 e. The molecule has 2 saturated heterocycles. The highest BCUT2D eigenvalue weighted by Crippen LogP contribution is 2.16. The van der Waals surface area contributed by atoms with Crippen molar-refractivity contribution in [3.8, 4) is 0 Å². The predicted octanol–water partition coefficient (Wildman–Crippen LogP) is 1.35. The van der Waals surface area contributed by atoms with E-state index in [0.717, 1.165) is 45.9 Å². The van der Waals surface area contributed by atoms with E-state index in [4.69, 9.17) is 10.5 Å². The number of hydrogen-bond acceptors (Lipinski definition) is 4. The Hall–Kier alpha value is -0.120. The van der Waals surface area contributed by atoms with Crippen LogP contribution in [0.25, 0.3) is 0 Å². The molecule has 0 amide bonds. The molecule has 0 aliphatic carbocycles. The van der Waals surface area contributed by atoms with Gasteiger partial charge in [0.25, 0.3) is 0 Å². The number of likely N-dealkylation sites (tertiary alicyclic amines) is 1. The van der Waals surface area contributed by atoms with Crippen LogP contribution in [0.5, 0.6) is 0 Å². The summed E-state index contributed by atoms with van der Waals surface area (Å²) in [6.45, 7) is 14.5. The van der Waals surface area contributed by atoms with Gasteiger partial charge in [-0.1, -0.05) is 20.8 Å². The summed E-state index contributed by atoms with van der Waals surface area (Å²) in [7, 11) is 0. The van der Waals surface area contributed by atoms with E-state index in [0.29, 0.717) is 17.9 Å². The average Bonchev–Trinajstić information content (AvgIpc) is 2.98. The largest absolute Gasteiger partial charge is 0.374 e. The molecule has 2 fully saturated rings. The highest BCUT2D eigenvalue weighted by molar-refractivity contribution is 14.0. The van der Waals surface area contributed by atoms with Gasteiger partial charge < -0.3 is 15.8 Å². The van der Waals surface area contributed by atoms with Crippen molar-refractivity contribution in [3.63, 3.8) is 0 Å². The van der Waals surface area contributed by atoms with Crippen LogP contribution in [-0.4, -0.2) is 80.3 Å². The van der Waals surface area contributed by atoms with Gasteiger partial charge in [0, 0.05) is 32.2 Å². The van der Waals surface area contributed by atoms with Crippen LogP contribution in [0.2, 0.25) is 0 Å². The zero-order valence-electron chi connectivity index (χ0n) is 15.5. The van der Waals surface area contributed by atoms with Crippen molar-refractivity contribution in [1.82, 2.24) is 15.1 Å². The van der Waals surface area contributed by atoms with Gasteiger partial charge >= 0.3 is 0 Å². The van der Waals surface area contributed by atoms with Gasteiger partial charge in [0.1, 0.15) is 0 Å². The van der Waals surface area contributed by atoms with Crippen LogP contribution in [0, 0.1) is 5.92 Å². The first-order valence-corrected chi connectivity index (χ1v) is 9.20. The van der Waals surface area contributed by atoms with Crippen LogP contribution in [-0.2, 0) is 4.74 Å². The van der Waals surface area contributed by atoms with Crippen LogP contribution in [0.1, 0.15) is 33.6 Å². The van der Waals surface area contributed by atoms with E-state index >= 15 is 0 Å². The normalized spacial score (nSPS) is 26.6. The lowest BCUT2D eigenvalue weighted by molar-refractivity contribution is -0.0284. The summed E-state index contributed by atoms with van der Waals surface area (Å²) in [5.41, 5.74) is 6.02. The van der Waals surface area contributed by atoms with Crippen LogP contribution >= 0.6 is 24.0 Å². The van der Waals surface area contributed by atoms with Gasteiger partial charge in [-0.3, -0.25) is 14.8 Å². The van der Waals surface area contributed by atoms with Gasteiger partial charge in [0.05, 0.1) is 19.3 Å². The Balaban J connectivity index is 0.00000288. The molecule has 7 heteroatoms. The van der Waals surface area contributed by atoms with Crippen molar-refractivity contribution < 1.29 is 4.74 Å². The molecule has 0 bridgehead atoms. The number of guanidine groups is 1. The highest BCUT2D eigenvalue weighted by Gasteiger charge is 2.23. The summed E-state index contributed by atoms with van der Waals surface area (Å²) in [4.78, 5) is 9.50. The first-order valence-electron chi connectivity index (χ1n) is 9.20. The molecule has 2 atom stereocenters. The maximum absolute atomic E-state index is 6.02. The number of nitrogens with two attached hydrogens (primary N) is 1. The third-order valence-corrected chi connectivity index (χ3v) is 4.73. The average molecular weight is 453 g/mol. The van der Waals surface area contributed by atoms with Gasteiger partial charge in [0.15, 0.2) is 5.96 Å². The molecule has 2 rings (SSSR count). The molecular weight excluding hydrogens is 417 g/mol. The molecule has 0 aromatic heterocycles.